The second-order valence-electron chi connectivity index (χ2n) is 4.86. The van der Waals surface area contributed by atoms with Crippen LogP contribution in [0.15, 0.2) is 24.3 Å². The molecule has 0 radical (unpaired) electrons. The van der Waals surface area contributed by atoms with Crippen LogP contribution in [0.5, 0.6) is 0 Å². The van der Waals surface area contributed by atoms with Gasteiger partial charge in [-0.3, -0.25) is 4.90 Å². The van der Waals surface area contributed by atoms with E-state index in [1.807, 2.05) is 0 Å². The first kappa shape index (κ1) is 13.2. The zero-order valence-corrected chi connectivity index (χ0v) is 12.8. The first-order chi connectivity index (χ1) is 8.84. The monoisotopic (exact) mass is 299 g/mol. The molecule has 0 saturated carbocycles. The molecule has 3 rings (SSSR count). The summed E-state index contributed by atoms with van der Waals surface area (Å²) in [5.41, 5.74) is 3.08. The van der Waals surface area contributed by atoms with Gasteiger partial charge in [-0.25, -0.2) is 0 Å². The summed E-state index contributed by atoms with van der Waals surface area (Å²) in [6.45, 7) is 3.40. The fourth-order valence-corrected chi connectivity index (χ4v) is 6.39. The molecule has 0 bridgehead atoms. The number of fused-ring (bicyclic) bond motifs is 2. The van der Waals surface area contributed by atoms with Crippen LogP contribution in [0.3, 0.4) is 0 Å². The van der Waals surface area contributed by atoms with Crippen molar-refractivity contribution in [3.63, 3.8) is 0 Å². The van der Waals surface area contributed by atoms with Crippen molar-refractivity contribution in [1.82, 2.24) is 4.90 Å². The lowest BCUT2D eigenvalue weighted by Gasteiger charge is -2.40. The minimum absolute atomic E-state index is 0.293. The summed E-state index contributed by atoms with van der Waals surface area (Å²) in [6, 6.07) is 8.99. The lowest BCUT2D eigenvalue weighted by Crippen LogP contribution is -2.41. The molecule has 0 atom stereocenters. The zero-order valence-electron chi connectivity index (χ0n) is 10.4. The molecule has 0 aliphatic carbocycles. The predicted octanol–water partition coefficient (Wildman–Crippen LogP) is 3.76. The van der Waals surface area contributed by atoms with Gasteiger partial charge in [-0.1, -0.05) is 24.3 Å². The van der Waals surface area contributed by atoms with Gasteiger partial charge in [0.1, 0.15) is 0 Å². The van der Waals surface area contributed by atoms with Crippen molar-refractivity contribution in [2.24, 2.45) is 0 Å². The first-order valence-electron chi connectivity index (χ1n) is 6.49. The molecular weight excluding hydrogens is 282 g/mol. The summed E-state index contributed by atoms with van der Waals surface area (Å²) >= 11 is 10.1. The highest BCUT2D eigenvalue weighted by Gasteiger charge is 2.42. The predicted molar refractivity (Wildman–Crippen MR) is 83.7 cm³/mol. The summed E-state index contributed by atoms with van der Waals surface area (Å²) in [6.07, 6.45) is 1.09. The molecule has 18 heavy (non-hydrogen) atoms. The Morgan fingerprint density at radius 1 is 1.22 bits per heavy atom. The number of hydrogen-bond donors (Lipinski definition) is 0. The minimum Gasteiger partial charge on any atom is -0.296 e. The largest absolute Gasteiger partial charge is 0.296 e. The van der Waals surface area contributed by atoms with Crippen LogP contribution in [0, 0.1) is 0 Å². The van der Waals surface area contributed by atoms with Gasteiger partial charge in [0.25, 0.3) is 0 Å². The highest BCUT2D eigenvalue weighted by molar-refractivity contribution is 8.20. The van der Waals surface area contributed by atoms with Crippen LogP contribution < -0.4 is 0 Å². The van der Waals surface area contributed by atoms with Gasteiger partial charge in [0, 0.05) is 30.5 Å². The summed E-state index contributed by atoms with van der Waals surface area (Å²) < 4.78 is 0.293. The van der Waals surface area contributed by atoms with Crippen LogP contribution in [0.1, 0.15) is 17.5 Å². The third-order valence-electron chi connectivity index (χ3n) is 3.62. The highest BCUT2D eigenvalue weighted by Crippen LogP contribution is 2.55. The lowest BCUT2D eigenvalue weighted by molar-refractivity contribution is 0.245. The number of rotatable bonds is 3. The van der Waals surface area contributed by atoms with E-state index in [1.165, 1.54) is 23.6 Å². The molecule has 1 nitrogen and oxygen atoms in total. The van der Waals surface area contributed by atoms with Crippen LogP contribution in [-0.2, 0) is 10.6 Å². The zero-order chi connectivity index (χ0) is 12.4. The maximum Gasteiger partial charge on any atom is 0.0990 e. The minimum atomic E-state index is 0.293. The van der Waals surface area contributed by atoms with E-state index in [4.69, 9.17) is 11.6 Å². The van der Waals surface area contributed by atoms with E-state index in [-0.39, 0.29) is 0 Å². The van der Waals surface area contributed by atoms with E-state index in [9.17, 15) is 0 Å². The Kier molecular flexibility index (Phi) is 4.14. The van der Waals surface area contributed by atoms with E-state index in [1.54, 1.807) is 5.56 Å². The van der Waals surface area contributed by atoms with E-state index in [0.29, 0.717) is 4.08 Å². The first-order valence-corrected chi connectivity index (χ1v) is 8.99. The van der Waals surface area contributed by atoms with Crippen molar-refractivity contribution >= 4 is 35.1 Å². The van der Waals surface area contributed by atoms with Crippen LogP contribution >= 0.6 is 35.1 Å². The molecule has 2 aliphatic rings. The average Bonchev–Trinajstić information content (AvgIpc) is 2.86. The number of alkyl halides is 1. The van der Waals surface area contributed by atoms with E-state index >= 15 is 0 Å². The van der Waals surface area contributed by atoms with Gasteiger partial charge in [0.15, 0.2) is 0 Å². The Hall–Kier alpha value is 0.170. The molecule has 0 amide bonds. The SMILES string of the molecule is ClCCCN1Cc2ccccc2C2(C1)SCCS2. The fourth-order valence-electron chi connectivity index (χ4n) is 2.85. The molecule has 1 aromatic carbocycles. The Morgan fingerprint density at radius 2 is 2.00 bits per heavy atom. The summed E-state index contributed by atoms with van der Waals surface area (Å²) in [5, 5.41) is 0. The third-order valence-corrected chi connectivity index (χ3v) is 7.30. The van der Waals surface area contributed by atoms with Crippen LogP contribution in [0.4, 0.5) is 0 Å². The standard InChI is InChI=1S/C14H18ClNS2/c15-6-3-7-16-10-12-4-1-2-5-13(12)14(11-16)17-8-9-18-14/h1-2,4-5H,3,6-11H2. The molecule has 0 aromatic heterocycles. The second-order valence-corrected chi connectivity index (χ2v) is 8.28. The molecular formula is C14H18ClNS2. The summed E-state index contributed by atoms with van der Waals surface area (Å²) in [7, 11) is 0. The maximum atomic E-state index is 5.84. The Balaban J connectivity index is 1.89. The van der Waals surface area contributed by atoms with Crippen molar-refractivity contribution in [3.8, 4) is 0 Å². The lowest BCUT2D eigenvalue weighted by atomic mass is 9.99. The number of benzene rings is 1. The second kappa shape index (κ2) is 5.66. The van der Waals surface area contributed by atoms with Crippen molar-refractivity contribution in [2.75, 3.05) is 30.5 Å². The molecule has 1 saturated heterocycles. The van der Waals surface area contributed by atoms with E-state index < -0.39 is 0 Å². The fraction of sp³-hybridized carbons (Fsp3) is 0.571. The number of nitrogens with zero attached hydrogens (tertiary/aromatic N) is 1. The molecule has 98 valence electrons. The third kappa shape index (κ3) is 2.43. The molecule has 1 fully saturated rings. The molecule has 2 heterocycles. The molecule has 1 spiro atoms. The average molecular weight is 300 g/mol. The van der Waals surface area contributed by atoms with Crippen LogP contribution in [0.2, 0.25) is 0 Å². The maximum absolute atomic E-state index is 5.84. The molecule has 2 aliphatic heterocycles. The number of halogens is 1. The van der Waals surface area contributed by atoms with Gasteiger partial charge < -0.3 is 0 Å². The smallest absolute Gasteiger partial charge is 0.0990 e. The highest BCUT2D eigenvalue weighted by atomic mass is 35.5. The van der Waals surface area contributed by atoms with E-state index in [2.05, 4.69) is 52.7 Å². The Morgan fingerprint density at radius 3 is 2.78 bits per heavy atom. The van der Waals surface area contributed by atoms with Gasteiger partial charge in [0.2, 0.25) is 0 Å². The van der Waals surface area contributed by atoms with E-state index in [0.717, 1.165) is 25.4 Å². The number of hydrogen-bond acceptors (Lipinski definition) is 3. The summed E-state index contributed by atoms with van der Waals surface area (Å²) in [5.74, 6) is 3.33. The van der Waals surface area contributed by atoms with Gasteiger partial charge in [-0.2, -0.15) is 0 Å². The molecule has 0 unspecified atom stereocenters. The Labute approximate surface area is 123 Å². The van der Waals surface area contributed by atoms with Gasteiger partial charge >= 0.3 is 0 Å². The number of thioether (sulfide) groups is 2. The molecule has 0 N–H and O–H groups in total. The Bertz CT molecular complexity index is 418. The quantitative estimate of drug-likeness (QED) is 0.782. The molecule has 4 heteroatoms. The molecule has 1 aromatic rings. The van der Waals surface area contributed by atoms with Crippen molar-refractivity contribution in [2.45, 2.75) is 17.0 Å². The topological polar surface area (TPSA) is 3.24 Å². The summed E-state index contributed by atoms with van der Waals surface area (Å²) in [4.78, 5) is 2.58. The van der Waals surface area contributed by atoms with Gasteiger partial charge in [-0.15, -0.1) is 35.1 Å². The van der Waals surface area contributed by atoms with Crippen LogP contribution in [-0.4, -0.2) is 35.4 Å². The van der Waals surface area contributed by atoms with Crippen molar-refractivity contribution in [3.05, 3.63) is 35.4 Å². The van der Waals surface area contributed by atoms with Gasteiger partial charge in [0.05, 0.1) is 4.08 Å². The normalized spacial score (nSPS) is 22.3. The van der Waals surface area contributed by atoms with Crippen molar-refractivity contribution in [1.29, 1.82) is 0 Å². The van der Waals surface area contributed by atoms with Crippen molar-refractivity contribution < 1.29 is 0 Å². The van der Waals surface area contributed by atoms with Gasteiger partial charge in [-0.05, 0) is 24.1 Å². The van der Waals surface area contributed by atoms with Crippen LogP contribution in [0.25, 0.3) is 0 Å².